The van der Waals surface area contributed by atoms with Gasteiger partial charge in [-0.2, -0.15) is 0 Å². The molecule has 0 aliphatic carbocycles. The zero-order chi connectivity index (χ0) is 40.4. The third-order valence-corrected chi connectivity index (χ3v) is 12.2. The van der Waals surface area contributed by atoms with Gasteiger partial charge in [0.15, 0.2) is 12.6 Å². The predicted octanol–water partition coefficient (Wildman–Crippen LogP) is 1.43. The molecule has 3 aliphatic rings. The second-order valence-corrected chi connectivity index (χ2v) is 17.0. The maximum atomic E-state index is 14.2. The Kier molecular flexibility index (Phi) is 15.7. The largest absolute Gasteiger partial charge is 0.459 e. The number of hydrogen-bond donors (Lipinski definition) is 5. The Hall–Kier alpha value is -1.50. The van der Waals surface area contributed by atoms with Gasteiger partial charge in [-0.1, -0.05) is 20.8 Å². The van der Waals surface area contributed by atoms with Crippen molar-refractivity contribution in [3.63, 3.8) is 0 Å². The highest BCUT2D eigenvalue weighted by molar-refractivity contribution is 5.73. The summed E-state index contributed by atoms with van der Waals surface area (Å²) in [6.45, 7) is 17.6. The highest BCUT2D eigenvalue weighted by Crippen LogP contribution is 2.40. The van der Waals surface area contributed by atoms with Gasteiger partial charge in [-0.15, -0.1) is 0 Å². The van der Waals surface area contributed by atoms with Crippen LogP contribution in [0.4, 0.5) is 0 Å². The molecule has 5 N–H and O–H groups in total. The molecule has 18 unspecified atom stereocenters. The summed E-state index contributed by atoms with van der Waals surface area (Å²) >= 11 is 0. The minimum Gasteiger partial charge on any atom is -0.459 e. The van der Waals surface area contributed by atoms with E-state index in [1.165, 1.54) is 18.9 Å². The molecule has 0 saturated carbocycles. The highest BCUT2D eigenvalue weighted by Gasteiger charge is 2.52. The zero-order valence-corrected chi connectivity index (χ0v) is 34.2. The number of carbonyl (C=O) groups excluding carboxylic acids is 2. The molecule has 0 bridgehead atoms. The van der Waals surface area contributed by atoms with Crippen molar-refractivity contribution in [2.75, 3.05) is 27.7 Å². The molecule has 1 amide bonds. The first-order valence-corrected chi connectivity index (χ1v) is 19.2. The van der Waals surface area contributed by atoms with E-state index in [9.17, 15) is 35.1 Å². The van der Waals surface area contributed by atoms with Gasteiger partial charge >= 0.3 is 5.97 Å². The van der Waals surface area contributed by atoms with E-state index in [1.807, 2.05) is 25.8 Å². The minimum absolute atomic E-state index is 0.101. The summed E-state index contributed by atoms with van der Waals surface area (Å²) in [4.78, 5) is 29.2. The Morgan fingerprint density at radius 2 is 1.60 bits per heavy atom. The van der Waals surface area contributed by atoms with Gasteiger partial charge in [0, 0.05) is 39.1 Å². The SMILES string of the molecule is CCC1OC(=O)C(C)C(OC2CC(C)(OC)C(O)C(C)O2)C(C)C(OC2OC(C)CC(N(C)C=O)C2O)C(C)(O)CC(C)CN(C)C(C)C(O)C1(C)O. The van der Waals surface area contributed by atoms with E-state index in [0.29, 0.717) is 19.4 Å². The van der Waals surface area contributed by atoms with Crippen LogP contribution in [0.3, 0.4) is 0 Å². The predicted molar refractivity (Wildman–Crippen MR) is 194 cm³/mol. The number of aliphatic hydroxyl groups is 5. The maximum absolute atomic E-state index is 14.2. The molecule has 3 rings (SSSR count). The van der Waals surface area contributed by atoms with Crippen LogP contribution in [-0.4, -0.2) is 166 Å². The van der Waals surface area contributed by atoms with Crippen molar-refractivity contribution < 1.29 is 63.5 Å². The van der Waals surface area contributed by atoms with Crippen LogP contribution in [0.15, 0.2) is 0 Å². The lowest BCUT2D eigenvalue weighted by atomic mass is 9.77. The van der Waals surface area contributed by atoms with Crippen molar-refractivity contribution in [2.24, 2.45) is 17.8 Å². The van der Waals surface area contributed by atoms with Gasteiger partial charge in [0.05, 0.1) is 47.6 Å². The van der Waals surface area contributed by atoms with E-state index in [1.54, 1.807) is 55.5 Å². The first-order chi connectivity index (χ1) is 24.4. The van der Waals surface area contributed by atoms with Gasteiger partial charge in [-0.25, -0.2) is 0 Å². The van der Waals surface area contributed by atoms with Crippen molar-refractivity contribution in [3.8, 4) is 0 Å². The number of likely N-dealkylation sites (N-methyl/N-ethyl adjacent to an activating group) is 2. The fraction of sp³-hybridized carbons (Fsp3) is 0.947. The molecule has 3 heterocycles. The normalized spacial score (nSPS) is 48.6. The third-order valence-electron chi connectivity index (χ3n) is 12.2. The molecule has 0 aromatic rings. The number of cyclic esters (lactones) is 1. The standard InChI is InChI=1S/C38H70N2O13/c1-14-27-38(10,47)31(43)24(6)39(11)18-20(2)16-36(8,46)33(53-35-29(42)26(40(12)19-41)15-21(3)49-35)22(4)30(23(5)34(45)51-27)52-28-17-37(9,48-13)32(44)25(7)50-28/h19-33,35,42-44,46-47H,14-18H2,1-13H3. The molecule has 0 radical (unpaired) electrons. The quantitative estimate of drug-likeness (QED) is 0.176. The topological polar surface area (TPSA) is 197 Å². The number of hydrogen-bond acceptors (Lipinski definition) is 14. The number of methoxy groups -OCH3 is 1. The number of carbonyl (C=O) groups is 2. The summed E-state index contributed by atoms with van der Waals surface area (Å²) in [6.07, 6.45) is -8.72. The third kappa shape index (κ3) is 10.3. The summed E-state index contributed by atoms with van der Waals surface area (Å²) in [5.41, 5.74) is -4.50. The number of ether oxygens (including phenoxy) is 6. The van der Waals surface area contributed by atoms with Crippen molar-refractivity contribution in [1.29, 1.82) is 0 Å². The molecule has 0 spiro atoms. The van der Waals surface area contributed by atoms with Crippen LogP contribution in [0.5, 0.6) is 0 Å². The molecule has 18 atom stereocenters. The van der Waals surface area contributed by atoms with Gasteiger partial charge in [0.2, 0.25) is 6.41 Å². The summed E-state index contributed by atoms with van der Waals surface area (Å²) in [5, 5.41) is 58.1. The second-order valence-electron chi connectivity index (χ2n) is 17.0. The molecule has 53 heavy (non-hydrogen) atoms. The monoisotopic (exact) mass is 762 g/mol. The van der Waals surface area contributed by atoms with Crippen LogP contribution in [0, 0.1) is 17.8 Å². The Morgan fingerprint density at radius 1 is 0.981 bits per heavy atom. The smallest absolute Gasteiger partial charge is 0.311 e. The van der Waals surface area contributed by atoms with Crippen LogP contribution in [-0.2, 0) is 38.0 Å². The number of aliphatic hydroxyl groups excluding tert-OH is 3. The number of esters is 1. The van der Waals surface area contributed by atoms with Gasteiger partial charge in [-0.3, -0.25) is 9.59 Å². The lowest BCUT2D eigenvalue weighted by Gasteiger charge is -2.48. The van der Waals surface area contributed by atoms with Gasteiger partial charge in [0.1, 0.15) is 30.0 Å². The number of nitrogens with zero attached hydrogens (tertiary/aromatic N) is 2. The molecule has 3 fully saturated rings. The van der Waals surface area contributed by atoms with Gasteiger partial charge in [0.25, 0.3) is 0 Å². The fourth-order valence-electron chi connectivity index (χ4n) is 8.71. The van der Waals surface area contributed by atoms with Crippen LogP contribution < -0.4 is 0 Å². The summed E-state index contributed by atoms with van der Waals surface area (Å²) in [6, 6.07) is -1.19. The lowest BCUT2D eigenvalue weighted by Crippen LogP contribution is -2.60. The zero-order valence-electron chi connectivity index (χ0n) is 34.2. The molecule has 15 heteroatoms. The van der Waals surface area contributed by atoms with Crippen molar-refractivity contribution in [3.05, 3.63) is 0 Å². The molecule has 310 valence electrons. The first-order valence-electron chi connectivity index (χ1n) is 19.2. The molecule has 3 saturated heterocycles. The summed E-state index contributed by atoms with van der Waals surface area (Å²) in [5.74, 6) is -2.78. The average Bonchev–Trinajstić information content (AvgIpc) is 3.09. The van der Waals surface area contributed by atoms with E-state index in [-0.39, 0.29) is 25.2 Å². The van der Waals surface area contributed by atoms with E-state index in [2.05, 4.69) is 0 Å². The summed E-state index contributed by atoms with van der Waals surface area (Å²) in [7, 11) is 4.88. The highest BCUT2D eigenvalue weighted by atomic mass is 16.7. The van der Waals surface area contributed by atoms with Crippen molar-refractivity contribution in [1.82, 2.24) is 9.80 Å². The van der Waals surface area contributed by atoms with Crippen LogP contribution in [0.2, 0.25) is 0 Å². The van der Waals surface area contributed by atoms with Crippen LogP contribution in [0.1, 0.15) is 94.9 Å². The van der Waals surface area contributed by atoms with Crippen LogP contribution in [0.25, 0.3) is 0 Å². The van der Waals surface area contributed by atoms with Gasteiger partial charge in [-0.05, 0) is 80.7 Å². The van der Waals surface area contributed by atoms with E-state index in [0.717, 1.165) is 0 Å². The molecular weight excluding hydrogens is 692 g/mol. The van der Waals surface area contributed by atoms with E-state index in [4.69, 9.17) is 28.4 Å². The Bertz CT molecular complexity index is 1190. The molecule has 3 aliphatic heterocycles. The van der Waals surface area contributed by atoms with Crippen molar-refractivity contribution in [2.45, 2.75) is 185 Å². The molecular formula is C38H70N2O13. The second kappa shape index (κ2) is 18.2. The van der Waals surface area contributed by atoms with E-state index >= 15 is 0 Å². The number of rotatable bonds is 8. The van der Waals surface area contributed by atoms with Gasteiger partial charge < -0.3 is 63.8 Å². The fourth-order valence-corrected chi connectivity index (χ4v) is 8.71. The summed E-state index contributed by atoms with van der Waals surface area (Å²) < 4.78 is 37.3. The molecule has 0 aromatic carbocycles. The minimum atomic E-state index is -1.82. The van der Waals surface area contributed by atoms with Crippen LogP contribution >= 0.6 is 0 Å². The average molecular weight is 763 g/mol. The maximum Gasteiger partial charge on any atom is 0.311 e. The molecule has 0 aromatic heterocycles. The Balaban J connectivity index is 2.18. The molecule has 15 nitrogen and oxygen atoms in total. The Morgan fingerprint density at radius 3 is 2.17 bits per heavy atom. The van der Waals surface area contributed by atoms with Crippen molar-refractivity contribution >= 4 is 12.4 Å². The Labute approximate surface area is 316 Å². The number of amides is 1. The first kappa shape index (κ1) is 45.9. The lowest BCUT2D eigenvalue weighted by molar-refractivity contribution is -0.317. The van der Waals surface area contributed by atoms with E-state index < -0.39 is 108 Å².